The molecule has 0 spiro atoms. The molecule has 1 rings (SSSR count). The van der Waals surface area contributed by atoms with Gasteiger partial charge in [0.15, 0.2) is 0 Å². The molecule has 106 valence electrons. The van der Waals surface area contributed by atoms with Crippen LogP contribution in [0.5, 0.6) is 0 Å². The number of benzene rings is 1. The second kappa shape index (κ2) is 8.62. The van der Waals surface area contributed by atoms with Crippen molar-refractivity contribution in [1.29, 1.82) is 0 Å². The van der Waals surface area contributed by atoms with Gasteiger partial charge in [-0.25, -0.2) is 8.78 Å². The summed E-state index contributed by atoms with van der Waals surface area (Å²) in [5, 5.41) is 2.65. The van der Waals surface area contributed by atoms with Crippen molar-refractivity contribution in [3.63, 3.8) is 0 Å². The first-order valence-corrected chi connectivity index (χ1v) is 6.84. The summed E-state index contributed by atoms with van der Waals surface area (Å²) in [6.45, 7) is 2.25. The zero-order chi connectivity index (χ0) is 14.1. The molecule has 0 aromatic heterocycles. The molecule has 0 heterocycles. The van der Waals surface area contributed by atoms with Crippen molar-refractivity contribution in [2.75, 3.05) is 0 Å². The van der Waals surface area contributed by atoms with Crippen LogP contribution in [0.25, 0.3) is 0 Å². The first-order chi connectivity index (χ1) is 9.13. The highest BCUT2D eigenvalue weighted by Gasteiger charge is 2.06. The highest BCUT2D eigenvalue weighted by atomic mass is 19.1. The largest absolute Gasteiger partial charge is 0.352 e. The smallest absolute Gasteiger partial charge is 0.220 e. The summed E-state index contributed by atoms with van der Waals surface area (Å²) < 4.78 is 26.0. The molecule has 19 heavy (non-hydrogen) atoms. The summed E-state index contributed by atoms with van der Waals surface area (Å²) in [5.74, 6) is -1.31. The van der Waals surface area contributed by atoms with Gasteiger partial charge in [0.05, 0.1) is 0 Å². The molecule has 0 unspecified atom stereocenters. The van der Waals surface area contributed by atoms with E-state index in [-0.39, 0.29) is 12.5 Å². The number of hydrogen-bond acceptors (Lipinski definition) is 1. The fraction of sp³-hybridized carbons (Fsp3) is 0.533. The Morgan fingerprint density at radius 1 is 1.16 bits per heavy atom. The molecule has 1 N–H and O–H groups in total. The van der Waals surface area contributed by atoms with Crippen LogP contribution in [0.1, 0.15) is 51.0 Å². The number of unbranched alkanes of at least 4 members (excludes halogenated alkanes) is 4. The molecule has 2 nitrogen and oxygen atoms in total. The van der Waals surface area contributed by atoms with Gasteiger partial charge in [0, 0.05) is 24.6 Å². The molecule has 4 heteroatoms. The van der Waals surface area contributed by atoms with Gasteiger partial charge in [-0.1, -0.05) is 38.7 Å². The molecule has 0 saturated heterocycles. The van der Waals surface area contributed by atoms with Gasteiger partial charge in [-0.05, 0) is 12.5 Å². The van der Waals surface area contributed by atoms with Crippen LogP contribution in [0.15, 0.2) is 18.2 Å². The summed E-state index contributed by atoms with van der Waals surface area (Å²) in [5.41, 5.74) is 0.306. The van der Waals surface area contributed by atoms with Crippen LogP contribution >= 0.6 is 0 Å². The number of carbonyl (C=O) groups is 1. The van der Waals surface area contributed by atoms with Crippen molar-refractivity contribution in [2.24, 2.45) is 0 Å². The van der Waals surface area contributed by atoms with Gasteiger partial charge in [-0.3, -0.25) is 4.79 Å². The van der Waals surface area contributed by atoms with Crippen molar-refractivity contribution in [1.82, 2.24) is 5.32 Å². The van der Waals surface area contributed by atoms with E-state index in [1.807, 2.05) is 0 Å². The average Bonchev–Trinajstić information content (AvgIpc) is 2.37. The lowest BCUT2D eigenvalue weighted by Crippen LogP contribution is -2.22. The van der Waals surface area contributed by atoms with Gasteiger partial charge in [0.2, 0.25) is 5.91 Å². The molecule has 1 amide bonds. The van der Waals surface area contributed by atoms with Crippen LogP contribution in [0, 0.1) is 11.6 Å². The molecular formula is C15H21F2NO. The second-order valence-corrected chi connectivity index (χ2v) is 4.68. The quantitative estimate of drug-likeness (QED) is 0.711. The van der Waals surface area contributed by atoms with Crippen molar-refractivity contribution in [3.05, 3.63) is 35.4 Å². The standard InChI is InChI=1S/C15H21F2NO/c1-2-3-4-5-6-7-15(19)18-11-12-8-9-13(16)10-14(12)17/h8-10H,2-7,11H2,1H3,(H,18,19). The third-order valence-corrected chi connectivity index (χ3v) is 3.00. The summed E-state index contributed by atoms with van der Waals surface area (Å²) in [4.78, 5) is 11.5. The fourth-order valence-corrected chi connectivity index (χ4v) is 1.84. The van der Waals surface area contributed by atoms with Crippen molar-refractivity contribution in [2.45, 2.75) is 52.0 Å². The van der Waals surface area contributed by atoms with E-state index in [4.69, 9.17) is 0 Å². The average molecular weight is 269 g/mol. The normalized spacial score (nSPS) is 10.5. The lowest BCUT2D eigenvalue weighted by Gasteiger charge is -2.06. The Morgan fingerprint density at radius 2 is 1.89 bits per heavy atom. The van der Waals surface area contributed by atoms with Crippen molar-refractivity contribution >= 4 is 5.91 Å². The van der Waals surface area contributed by atoms with Crippen LogP contribution in [0.2, 0.25) is 0 Å². The number of hydrogen-bond donors (Lipinski definition) is 1. The zero-order valence-corrected chi connectivity index (χ0v) is 11.3. The first kappa shape index (κ1) is 15.6. The number of carbonyl (C=O) groups excluding carboxylic acids is 1. The molecule has 0 aliphatic carbocycles. The molecule has 0 saturated carbocycles. The predicted molar refractivity (Wildman–Crippen MR) is 71.6 cm³/mol. The predicted octanol–water partition coefficient (Wildman–Crippen LogP) is 3.94. The highest BCUT2D eigenvalue weighted by molar-refractivity contribution is 5.75. The van der Waals surface area contributed by atoms with E-state index in [0.29, 0.717) is 12.0 Å². The van der Waals surface area contributed by atoms with Gasteiger partial charge in [-0.2, -0.15) is 0 Å². The summed E-state index contributed by atoms with van der Waals surface area (Å²) >= 11 is 0. The molecule has 0 fully saturated rings. The maximum atomic E-state index is 13.3. The minimum atomic E-state index is -0.622. The van der Waals surface area contributed by atoms with Gasteiger partial charge in [0.1, 0.15) is 11.6 Å². The Balaban J connectivity index is 2.22. The topological polar surface area (TPSA) is 29.1 Å². The lowest BCUT2D eigenvalue weighted by atomic mass is 10.1. The van der Waals surface area contributed by atoms with Crippen LogP contribution in [0.3, 0.4) is 0 Å². The lowest BCUT2D eigenvalue weighted by molar-refractivity contribution is -0.121. The van der Waals surface area contributed by atoms with Crippen LogP contribution in [-0.4, -0.2) is 5.91 Å². The van der Waals surface area contributed by atoms with Crippen molar-refractivity contribution < 1.29 is 13.6 Å². The molecule has 1 aromatic rings. The van der Waals surface area contributed by atoms with E-state index in [1.54, 1.807) is 0 Å². The number of amides is 1. The van der Waals surface area contributed by atoms with Gasteiger partial charge in [0.25, 0.3) is 0 Å². The van der Waals surface area contributed by atoms with Gasteiger partial charge in [-0.15, -0.1) is 0 Å². The Kier molecular flexibility index (Phi) is 7.08. The Bertz CT molecular complexity index is 407. The van der Waals surface area contributed by atoms with Gasteiger partial charge < -0.3 is 5.32 Å². The molecule has 0 radical (unpaired) electrons. The monoisotopic (exact) mass is 269 g/mol. The molecule has 0 aliphatic rings. The Morgan fingerprint density at radius 3 is 2.58 bits per heavy atom. The van der Waals surface area contributed by atoms with Crippen LogP contribution < -0.4 is 5.32 Å². The minimum absolute atomic E-state index is 0.0831. The van der Waals surface area contributed by atoms with Crippen molar-refractivity contribution in [3.8, 4) is 0 Å². The Labute approximate surface area is 113 Å². The number of halogens is 2. The van der Waals surface area contributed by atoms with E-state index in [1.165, 1.54) is 25.0 Å². The molecular weight excluding hydrogens is 248 g/mol. The third kappa shape index (κ3) is 6.32. The SMILES string of the molecule is CCCCCCCC(=O)NCc1ccc(F)cc1F. The zero-order valence-electron chi connectivity index (χ0n) is 11.3. The second-order valence-electron chi connectivity index (χ2n) is 4.68. The fourth-order valence-electron chi connectivity index (χ4n) is 1.84. The molecule has 1 aromatic carbocycles. The summed E-state index contributed by atoms with van der Waals surface area (Å²) in [6, 6.07) is 3.37. The van der Waals surface area contributed by atoms with E-state index in [9.17, 15) is 13.6 Å². The third-order valence-electron chi connectivity index (χ3n) is 3.00. The maximum Gasteiger partial charge on any atom is 0.220 e. The summed E-state index contributed by atoms with van der Waals surface area (Å²) in [6.07, 6.45) is 5.89. The summed E-state index contributed by atoms with van der Waals surface area (Å²) in [7, 11) is 0. The maximum absolute atomic E-state index is 13.3. The number of rotatable bonds is 8. The minimum Gasteiger partial charge on any atom is -0.352 e. The van der Waals surface area contributed by atoms with E-state index >= 15 is 0 Å². The molecule has 0 atom stereocenters. The van der Waals surface area contributed by atoms with E-state index < -0.39 is 11.6 Å². The Hall–Kier alpha value is -1.45. The van der Waals surface area contributed by atoms with E-state index in [2.05, 4.69) is 12.2 Å². The van der Waals surface area contributed by atoms with Gasteiger partial charge >= 0.3 is 0 Å². The number of nitrogens with one attached hydrogen (secondary N) is 1. The molecule has 0 aliphatic heterocycles. The molecule has 0 bridgehead atoms. The van der Waals surface area contributed by atoms with Crippen LogP contribution in [0.4, 0.5) is 8.78 Å². The van der Waals surface area contributed by atoms with Crippen LogP contribution in [-0.2, 0) is 11.3 Å². The highest BCUT2D eigenvalue weighted by Crippen LogP contribution is 2.09. The van der Waals surface area contributed by atoms with E-state index in [0.717, 1.165) is 25.3 Å². The first-order valence-electron chi connectivity index (χ1n) is 6.84.